The first-order chi connectivity index (χ1) is 12.5. The highest BCUT2D eigenvalue weighted by atomic mass is 32.2. The zero-order valence-corrected chi connectivity index (χ0v) is 16.2. The van der Waals surface area contributed by atoms with Crippen molar-refractivity contribution in [1.29, 1.82) is 0 Å². The number of hydrogen-bond acceptors (Lipinski definition) is 4. The van der Waals surface area contributed by atoms with E-state index in [1.54, 1.807) is 43.0 Å². The zero-order chi connectivity index (χ0) is 18.9. The van der Waals surface area contributed by atoms with E-state index in [-0.39, 0.29) is 11.9 Å². The molecule has 2 aromatic carbocycles. The Bertz CT molecular complexity index is 730. The molecule has 0 bridgehead atoms. The standard InChI is InChI=1S/C20H24N2O3S/c1-4-25-20(24)16-7-9-17(10-8-16)21-19(23)14-22(2)13-15-5-11-18(26-3)12-6-15/h5-12H,4,13-14H2,1-3H3,(H,21,23)/p+1. The number of amides is 1. The molecule has 5 nitrogen and oxygen atoms in total. The van der Waals surface area contributed by atoms with Gasteiger partial charge in [0.05, 0.1) is 19.2 Å². The topological polar surface area (TPSA) is 59.8 Å². The van der Waals surface area contributed by atoms with Gasteiger partial charge in [0.15, 0.2) is 6.54 Å². The molecule has 26 heavy (non-hydrogen) atoms. The van der Waals surface area contributed by atoms with Crippen molar-refractivity contribution in [2.24, 2.45) is 0 Å². The first kappa shape index (κ1) is 20.0. The molecule has 0 aromatic heterocycles. The number of ether oxygens (including phenoxy) is 1. The number of benzene rings is 2. The molecule has 2 aromatic rings. The quantitative estimate of drug-likeness (QED) is 0.550. The maximum absolute atomic E-state index is 12.2. The number of carbonyl (C=O) groups excluding carboxylic acids is 2. The van der Waals surface area contributed by atoms with E-state index >= 15 is 0 Å². The lowest BCUT2D eigenvalue weighted by molar-refractivity contribution is -0.885. The van der Waals surface area contributed by atoms with Gasteiger partial charge in [-0.25, -0.2) is 4.79 Å². The van der Waals surface area contributed by atoms with Crippen molar-refractivity contribution in [3.8, 4) is 0 Å². The number of thioether (sulfide) groups is 1. The van der Waals surface area contributed by atoms with Gasteiger partial charge in [0.2, 0.25) is 0 Å². The third kappa shape index (κ3) is 6.20. The van der Waals surface area contributed by atoms with Gasteiger partial charge in [0.1, 0.15) is 6.54 Å². The molecule has 0 aliphatic rings. The van der Waals surface area contributed by atoms with Crippen LogP contribution in [0.5, 0.6) is 0 Å². The van der Waals surface area contributed by atoms with Crippen molar-refractivity contribution in [1.82, 2.24) is 0 Å². The Morgan fingerprint density at radius 2 is 1.73 bits per heavy atom. The Morgan fingerprint density at radius 1 is 1.08 bits per heavy atom. The number of rotatable bonds is 8. The van der Waals surface area contributed by atoms with E-state index in [1.807, 2.05) is 7.05 Å². The number of nitrogens with one attached hydrogen (secondary N) is 2. The van der Waals surface area contributed by atoms with Crippen molar-refractivity contribution in [3.05, 3.63) is 59.7 Å². The van der Waals surface area contributed by atoms with Crippen molar-refractivity contribution < 1.29 is 19.2 Å². The lowest BCUT2D eigenvalue weighted by Crippen LogP contribution is -3.08. The molecule has 0 fully saturated rings. The summed E-state index contributed by atoms with van der Waals surface area (Å²) in [4.78, 5) is 26.2. The SMILES string of the molecule is CCOC(=O)c1ccc(NC(=O)C[NH+](C)Cc2ccc(SC)cc2)cc1. The number of likely N-dealkylation sites (N-methyl/N-ethyl adjacent to an activating group) is 1. The molecule has 2 N–H and O–H groups in total. The maximum Gasteiger partial charge on any atom is 0.338 e. The van der Waals surface area contributed by atoms with Gasteiger partial charge in [0.25, 0.3) is 5.91 Å². The van der Waals surface area contributed by atoms with Crippen LogP contribution in [0.3, 0.4) is 0 Å². The maximum atomic E-state index is 12.2. The molecule has 1 unspecified atom stereocenters. The fourth-order valence-electron chi connectivity index (χ4n) is 2.54. The molecule has 0 radical (unpaired) electrons. The largest absolute Gasteiger partial charge is 0.462 e. The van der Waals surface area contributed by atoms with E-state index in [9.17, 15) is 9.59 Å². The van der Waals surface area contributed by atoms with Crippen molar-refractivity contribution in [2.75, 3.05) is 31.8 Å². The lowest BCUT2D eigenvalue weighted by Gasteiger charge is -2.14. The predicted molar refractivity (Wildman–Crippen MR) is 105 cm³/mol. The highest BCUT2D eigenvalue weighted by Gasteiger charge is 2.12. The molecule has 0 heterocycles. The molecule has 1 atom stereocenters. The van der Waals surface area contributed by atoms with Crippen LogP contribution >= 0.6 is 11.8 Å². The van der Waals surface area contributed by atoms with Gasteiger partial charge in [-0.1, -0.05) is 12.1 Å². The number of hydrogen-bond donors (Lipinski definition) is 2. The minimum absolute atomic E-state index is 0.0629. The number of anilines is 1. The summed E-state index contributed by atoms with van der Waals surface area (Å²) in [5.41, 5.74) is 2.34. The Balaban J connectivity index is 1.84. The molecule has 1 amide bonds. The van der Waals surface area contributed by atoms with Crippen molar-refractivity contribution in [3.63, 3.8) is 0 Å². The summed E-state index contributed by atoms with van der Waals surface area (Å²) in [6.45, 7) is 3.25. The Kier molecular flexibility index (Phi) is 7.69. The summed E-state index contributed by atoms with van der Waals surface area (Å²) in [6.07, 6.45) is 2.05. The van der Waals surface area contributed by atoms with Crippen LogP contribution in [0.1, 0.15) is 22.8 Å². The summed E-state index contributed by atoms with van der Waals surface area (Å²) in [5.74, 6) is -0.422. The second kappa shape index (κ2) is 9.99. The minimum Gasteiger partial charge on any atom is -0.462 e. The van der Waals surface area contributed by atoms with E-state index in [4.69, 9.17) is 4.74 Å². The van der Waals surface area contributed by atoms with Gasteiger partial charge >= 0.3 is 5.97 Å². The van der Waals surface area contributed by atoms with Crippen molar-refractivity contribution >= 4 is 29.3 Å². The molecule has 0 saturated heterocycles. The van der Waals surface area contributed by atoms with Gasteiger partial charge in [-0.15, -0.1) is 11.8 Å². The molecule has 0 aliphatic carbocycles. The summed E-state index contributed by atoms with van der Waals surface area (Å²) < 4.78 is 4.94. The Morgan fingerprint density at radius 3 is 2.31 bits per heavy atom. The summed E-state index contributed by atoms with van der Waals surface area (Å²) in [6, 6.07) is 15.1. The zero-order valence-electron chi connectivity index (χ0n) is 15.4. The molecule has 0 saturated carbocycles. The molecule has 6 heteroatoms. The van der Waals surface area contributed by atoms with E-state index in [2.05, 4.69) is 35.8 Å². The van der Waals surface area contributed by atoms with Gasteiger partial charge in [0, 0.05) is 16.1 Å². The van der Waals surface area contributed by atoms with Crippen LogP contribution in [-0.4, -0.2) is 38.3 Å². The molecule has 138 valence electrons. The molecule has 2 rings (SSSR count). The monoisotopic (exact) mass is 373 g/mol. The fourth-order valence-corrected chi connectivity index (χ4v) is 2.95. The predicted octanol–water partition coefficient (Wildman–Crippen LogP) is 2.24. The van der Waals surface area contributed by atoms with E-state index in [1.165, 1.54) is 10.5 Å². The van der Waals surface area contributed by atoms with E-state index < -0.39 is 0 Å². The Hall–Kier alpha value is -2.31. The van der Waals surface area contributed by atoms with Crippen LogP contribution in [0.4, 0.5) is 5.69 Å². The average Bonchev–Trinajstić information content (AvgIpc) is 2.63. The molecule has 0 aliphatic heterocycles. The van der Waals surface area contributed by atoms with Crippen molar-refractivity contribution in [2.45, 2.75) is 18.4 Å². The fraction of sp³-hybridized carbons (Fsp3) is 0.300. The first-order valence-corrected chi connectivity index (χ1v) is 9.75. The second-order valence-electron chi connectivity index (χ2n) is 6.00. The normalized spacial score (nSPS) is 11.7. The van der Waals surface area contributed by atoms with E-state index in [0.29, 0.717) is 24.4 Å². The van der Waals surface area contributed by atoms with Gasteiger partial charge in [-0.3, -0.25) is 4.79 Å². The highest BCUT2D eigenvalue weighted by molar-refractivity contribution is 7.98. The number of esters is 1. The third-order valence-electron chi connectivity index (χ3n) is 3.81. The first-order valence-electron chi connectivity index (χ1n) is 8.53. The van der Waals surface area contributed by atoms with Gasteiger partial charge < -0.3 is 15.0 Å². The average molecular weight is 373 g/mol. The van der Waals surface area contributed by atoms with Crippen LogP contribution < -0.4 is 10.2 Å². The molecular weight excluding hydrogens is 348 g/mol. The summed E-state index contributed by atoms with van der Waals surface area (Å²) in [5, 5.41) is 2.86. The van der Waals surface area contributed by atoms with E-state index in [0.717, 1.165) is 11.4 Å². The summed E-state index contributed by atoms with van der Waals surface area (Å²) in [7, 11) is 1.99. The lowest BCUT2D eigenvalue weighted by atomic mass is 10.2. The molecular formula is C20H25N2O3S+. The van der Waals surface area contributed by atoms with Crippen LogP contribution in [0.25, 0.3) is 0 Å². The third-order valence-corrected chi connectivity index (χ3v) is 4.55. The van der Waals surface area contributed by atoms with Crippen LogP contribution in [0, 0.1) is 0 Å². The number of quaternary nitrogens is 1. The second-order valence-corrected chi connectivity index (χ2v) is 6.88. The minimum atomic E-state index is -0.359. The molecule has 0 spiro atoms. The van der Waals surface area contributed by atoms with Crippen LogP contribution in [0.2, 0.25) is 0 Å². The summed E-state index contributed by atoms with van der Waals surface area (Å²) >= 11 is 1.71. The van der Waals surface area contributed by atoms with Crippen LogP contribution in [0.15, 0.2) is 53.4 Å². The highest BCUT2D eigenvalue weighted by Crippen LogP contribution is 2.14. The van der Waals surface area contributed by atoms with Gasteiger partial charge in [-0.05, 0) is 49.6 Å². The Labute approximate surface area is 158 Å². The smallest absolute Gasteiger partial charge is 0.338 e. The van der Waals surface area contributed by atoms with Gasteiger partial charge in [-0.2, -0.15) is 0 Å². The van der Waals surface area contributed by atoms with Crippen LogP contribution in [-0.2, 0) is 16.1 Å². The number of carbonyl (C=O) groups is 2.